The Morgan fingerprint density at radius 3 is 2.53 bits per heavy atom. The number of anilines is 1. The fourth-order valence-corrected chi connectivity index (χ4v) is 2.62. The molecule has 0 bridgehead atoms. The number of guanidine groups is 1. The minimum absolute atomic E-state index is 0. The van der Waals surface area contributed by atoms with Crippen LogP contribution in [0.5, 0.6) is 5.75 Å². The number of nitrogens with zero attached hydrogens (tertiary/aromatic N) is 1. The minimum Gasteiger partial charge on any atom is -0.489 e. The maximum atomic E-state index is 13.2. The molecule has 0 spiro atoms. The van der Waals surface area contributed by atoms with Crippen LogP contribution in [-0.2, 0) is 11.3 Å². The molecular weight excluding hydrogens is 498 g/mol. The molecular formula is C22H30FIN4O2. The van der Waals surface area contributed by atoms with Crippen molar-refractivity contribution in [1.82, 2.24) is 10.6 Å². The molecule has 3 N–H and O–H groups in total. The molecule has 1 unspecified atom stereocenters. The fourth-order valence-electron chi connectivity index (χ4n) is 2.62. The number of benzene rings is 2. The van der Waals surface area contributed by atoms with E-state index < -0.39 is 0 Å². The average Bonchev–Trinajstić information content (AvgIpc) is 2.69. The molecule has 0 aliphatic carbocycles. The van der Waals surface area contributed by atoms with Gasteiger partial charge in [0.25, 0.3) is 0 Å². The van der Waals surface area contributed by atoms with Crippen molar-refractivity contribution in [3.05, 3.63) is 59.9 Å². The van der Waals surface area contributed by atoms with Gasteiger partial charge in [0.15, 0.2) is 5.96 Å². The predicted molar refractivity (Wildman–Crippen MR) is 130 cm³/mol. The lowest BCUT2D eigenvalue weighted by atomic mass is 10.2. The first-order chi connectivity index (χ1) is 14.0. The molecule has 0 fully saturated rings. The Morgan fingerprint density at radius 2 is 1.90 bits per heavy atom. The first kappa shape index (κ1) is 25.7. The highest BCUT2D eigenvalue weighted by Gasteiger charge is 2.07. The molecule has 8 heteroatoms. The fraction of sp³-hybridized carbons (Fsp3) is 0.364. The molecule has 0 aliphatic heterocycles. The Labute approximate surface area is 194 Å². The first-order valence-electron chi connectivity index (χ1n) is 9.75. The summed E-state index contributed by atoms with van der Waals surface area (Å²) in [5.41, 5.74) is 1.85. The summed E-state index contributed by atoms with van der Waals surface area (Å²) in [5, 5.41) is 9.29. The quantitative estimate of drug-likeness (QED) is 0.258. The summed E-state index contributed by atoms with van der Waals surface area (Å²) < 4.78 is 18.9. The molecule has 2 rings (SSSR count). The normalized spacial score (nSPS) is 11.8. The number of halogens is 2. The van der Waals surface area contributed by atoms with Crippen LogP contribution in [0.1, 0.15) is 32.3 Å². The zero-order valence-electron chi connectivity index (χ0n) is 17.6. The Hall–Kier alpha value is -2.36. The van der Waals surface area contributed by atoms with Crippen molar-refractivity contribution in [2.24, 2.45) is 4.99 Å². The van der Waals surface area contributed by atoms with Gasteiger partial charge < -0.3 is 20.7 Å². The van der Waals surface area contributed by atoms with Gasteiger partial charge in [0, 0.05) is 31.8 Å². The zero-order valence-corrected chi connectivity index (χ0v) is 19.9. The van der Waals surface area contributed by atoms with Crippen molar-refractivity contribution in [1.29, 1.82) is 0 Å². The van der Waals surface area contributed by atoms with E-state index in [4.69, 9.17) is 4.74 Å². The van der Waals surface area contributed by atoms with Gasteiger partial charge in [-0.15, -0.1) is 24.0 Å². The van der Waals surface area contributed by atoms with Crippen LogP contribution < -0.4 is 20.7 Å². The molecule has 6 nitrogen and oxygen atoms in total. The van der Waals surface area contributed by atoms with Gasteiger partial charge in [0.05, 0.1) is 6.54 Å². The highest BCUT2D eigenvalue weighted by atomic mass is 127. The number of nitrogens with one attached hydrogen (secondary N) is 3. The van der Waals surface area contributed by atoms with Crippen LogP contribution >= 0.6 is 24.0 Å². The average molecular weight is 528 g/mol. The molecule has 1 amide bonds. The maximum absolute atomic E-state index is 13.2. The molecule has 2 aromatic carbocycles. The third-order valence-electron chi connectivity index (χ3n) is 4.09. The van der Waals surface area contributed by atoms with Crippen LogP contribution in [0.2, 0.25) is 0 Å². The van der Waals surface area contributed by atoms with E-state index >= 15 is 0 Å². The van der Waals surface area contributed by atoms with E-state index in [1.807, 2.05) is 38.1 Å². The summed E-state index contributed by atoms with van der Waals surface area (Å²) in [6.07, 6.45) is 1.18. The van der Waals surface area contributed by atoms with Gasteiger partial charge in [-0.3, -0.25) is 9.79 Å². The number of rotatable bonds is 9. The van der Waals surface area contributed by atoms with Crippen LogP contribution in [0, 0.1) is 5.82 Å². The lowest BCUT2D eigenvalue weighted by Gasteiger charge is -2.18. The second-order valence-electron chi connectivity index (χ2n) is 6.69. The molecule has 0 aromatic heterocycles. The Kier molecular flexibility index (Phi) is 11.8. The smallest absolute Gasteiger partial charge is 0.224 e. The number of carbonyl (C=O) groups excluding carboxylic acids is 1. The highest BCUT2D eigenvalue weighted by Crippen LogP contribution is 2.13. The van der Waals surface area contributed by atoms with Crippen LogP contribution in [0.3, 0.4) is 0 Å². The SMILES string of the molecule is CCCC(=O)Nc1ccc(CNC(=NC)NCC(C)Oc2cccc(F)c2)cc1.I. The number of carbonyl (C=O) groups is 1. The van der Waals surface area contributed by atoms with Gasteiger partial charge in [-0.25, -0.2) is 4.39 Å². The van der Waals surface area contributed by atoms with Gasteiger partial charge >= 0.3 is 0 Å². The summed E-state index contributed by atoms with van der Waals surface area (Å²) in [5.74, 6) is 0.835. The monoisotopic (exact) mass is 528 g/mol. The van der Waals surface area contributed by atoms with Crippen LogP contribution in [0.25, 0.3) is 0 Å². The van der Waals surface area contributed by atoms with Gasteiger partial charge in [0.2, 0.25) is 5.91 Å². The standard InChI is InChI=1S/C22H29FN4O2.HI/c1-4-6-21(28)27-19-11-9-17(10-12-19)15-26-22(24-3)25-14-16(2)29-20-8-5-7-18(23)13-20;/h5,7-13,16H,4,6,14-15H2,1-3H3,(H,27,28)(H2,24,25,26);1H. The van der Waals surface area contributed by atoms with Crippen molar-refractivity contribution in [3.63, 3.8) is 0 Å². The van der Waals surface area contributed by atoms with E-state index in [-0.39, 0.29) is 41.8 Å². The molecule has 164 valence electrons. The second-order valence-corrected chi connectivity index (χ2v) is 6.69. The largest absolute Gasteiger partial charge is 0.489 e. The first-order valence-corrected chi connectivity index (χ1v) is 9.75. The number of ether oxygens (including phenoxy) is 1. The number of aliphatic imine (C=N–C) groups is 1. The van der Waals surface area contributed by atoms with Crippen molar-refractivity contribution in [2.75, 3.05) is 18.9 Å². The molecule has 0 saturated heterocycles. The van der Waals surface area contributed by atoms with Crippen molar-refractivity contribution >= 4 is 41.5 Å². The third kappa shape index (κ3) is 9.43. The summed E-state index contributed by atoms with van der Waals surface area (Å²) >= 11 is 0. The van der Waals surface area contributed by atoms with E-state index in [1.165, 1.54) is 12.1 Å². The van der Waals surface area contributed by atoms with Crippen LogP contribution in [0.15, 0.2) is 53.5 Å². The summed E-state index contributed by atoms with van der Waals surface area (Å²) in [6.45, 7) is 4.97. The molecule has 0 aliphatic rings. The second kappa shape index (κ2) is 13.8. The topological polar surface area (TPSA) is 74.8 Å². The summed E-state index contributed by atoms with van der Waals surface area (Å²) in [6, 6.07) is 13.8. The Bertz CT molecular complexity index is 815. The number of amides is 1. The molecule has 0 saturated carbocycles. The van der Waals surface area contributed by atoms with Crippen molar-refractivity contribution in [3.8, 4) is 5.75 Å². The molecule has 1 atom stereocenters. The van der Waals surface area contributed by atoms with Gasteiger partial charge in [-0.1, -0.05) is 25.1 Å². The lowest BCUT2D eigenvalue weighted by molar-refractivity contribution is -0.116. The Morgan fingerprint density at radius 1 is 1.17 bits per heavy atom. The Balaban J connectivity index is 0.00000450. The lowest BCUT2D eigenvalue weighted by Crippen LogP contribution is -2.41. The molecule has 2 aromatic rings. The van der Waals surface area contributed by atoms with Crippen LogP contribution in [0.4, 0.5) is 10.1 Å². The summed E-state index contributed by atoms with van der Waals surface area (Å²) in [4.78, 5) is 15.8. The maximum Gasteiger partial charge on any atom is 0.224 e. The van der Waals surface area contributed by atoms with Gasteiger partial charge in [-0.2, -0.15) is 0 Å². The van der Waals surface area contributed by atoms with Gasteiger partial charge in [-0.05, 0) is 43.2 Å². The van der Waals surface area contributed by atoms with Crippen LogP contribution in [-0.4, -0.2) is 31.6 Å². The molecule has 30 heavy (non-hydrogen) atoms. The zero-order chi connectivity index (χ0) is 21.1. The number of hydrogen-bond donors (Lipinski definition) is 3. The number of hydrogen-bond acceptors (Lipinski definition) is 3. The molecule has 0 radical (unpaired) electrons. The summed E-state index contributed by atoms with van der Waals surface area (Å²) in [7, 11) is 1.69. The van der Waals surface area contributed by atoms with E-state index in [9.17, 15) is 9.18 Å². The predicted octanol–water partition coefficient (Wildman–Crippen LogP) is 4.31. The van der Waals surface area contributed by atoms with E-state index in [0.717, 1.165) is 17.7 Å². The van der Waals surface area contributed by atoms with E-state index in [2.05, 4.69) is 20.9 Å². The van der Waals surface area contributed by atoms with E-state index in [0.29, 0.717) is 31.2 Å². The molecule has 0 heterocycles. The van der Waals surface area contributed by atoms with Crippen molar-refractivity contribution in [2.45, 2.75) is 39.3 Å². The highest BCUT2D eigenvalue weighted by molar-refractivity contribution is 14.0. The van der Waals surface area contributed by atoms with Crippen molar-refractivity contribution < 1.29 is 13.9 Å². The minimum atomic E-state index is -0.323. The third-order valence-corrected chi connectivity index (χ3v) is 4.09. The van der Waals surface area contributed by atoms with E-state index in [1.54, 1.807) is 19.2 Å². The van der Waals surface area contributed by atoms with Gasteiger partial charge in [0.1, 0.15) is 17.7 Å².